The van der Waals surface area contributed by atoms with Crippen molar-refractivity contribution in [3.8, 4) is 0 Å². The Hall–Kier alpha value is -0.930. The number of aromatic nitrogens is 1. The van der Waals surface area contributed by atoms with Crippen molar-refractivity contribution >= 4 is 0 Å². The van der Waals surface area contributed by atoms with Crippen LogP contribution in [0.4, 0.5) is 0 Å². The summed E-state index contributed by atoms with van der Waals surface area (Å²) in [6, 6.07) is 3.08. The number of nitrogens with two attached hydrogens (primary N) is 1. The summed E-state index contributed by atoms with van der Waals surface area (Å²) in [7, 11) is 2.21. The third-order valence-corrected chi connectivity index (χ3v) is 4.05. The highest BCUT2D eigenvalue weighted by atomic mass is 15.2. The van der Waals surface area contributed by atoms with E-state index < -0.39 is 0 Å². The third kappa shape index (κ3) is 2.67. The van der Waals surface area contributed by atoms with Gasteiger partial charge in [0.05, 0.1) is 0 Å². The van der Waals surface area contributed by atoms with E-state index in [9.17, 15) is 0 Å². The van der Waals surface area contributed by atoms with Gasteiger partial charge in [0.2, 0.25) is 0 Å². The van der Waals surface area contributed by atoms with E-state index in [0.29, 0.717) is 18.6 Å². The Morgan fingerprint density at radius 2 is 2.18 bits per heavy atom. The van der Waals surface area contributed by atoms with Gasteiger partial charge in [0.15, 0.2) is 0 Å². The maximum atomic E-state index is 5.97. The van der Waals surface area contributed by atoms with Gasteiger partial charge >= 0.3 is 0 Å². The molecule has 17 heavy (non-hydrogen) atoms. The lowest BCUT2D eigenvalue weighted by Gasteiger charge is -2.33. The van der Waals surface area contributed by atoms with E-state index in [1.807, 2.05) is 12.4 Å². The van der Waals surface area contributed by atoms with E-state index in [2.05, 4.69) is 29.9 Å². The quantitative estimate of drug-likeness (QED) is 0.867. The summed E-state index contributed by atoms with van der Waals surface area (Å²) in [5.41, 5.74) is 8.55. The number of hydrogen-bond donors (Lipinski definition) is 1. The lowest BCUT2D eigenvalue weighted by Crippen LogP contribution is -2.37. The molecule has 0 spiro atoms. The van der Waals surface area contributed by atoms with Crippen LogP contribution in [0.1, 0.15) is 42.9 Å². The molecule has 1 heterocycles. The van der Waals surface area contributed by atoms with Crippen LogP contribution in [-0.2, 0) is 0 Å². The van der Waals surface area contributed by atoms with Gasteiger partial charge < -0.3 is 5.73 Å². The fraction of sp³-hybridized carbons (Fsp3) is 0.643. The lowest BCUT2D eigenvalue weighted by molar-refractivity contribution is 0.179. The number of pyridine rings is 1. The second-order valence-corrected chi connectivity index (χ2v) is 5.09. The molecule has 2 N–H and O–H groups in total. The molecule has 0 bridgehead atoms. The molecule has 1 fully saturated rings. The molecule has 1 aromatic rings. The van der Waals surface area contributed by atoms with Crippen molar-refractivity contribution in [1.29, 1.82) is 0 Å². The molecule has 94 valence electrons. The van der Waals surface area contributed by atoms with Crippen LogP contribution in [0.2, 0.25) is 0 Å². The van der Waals surface area contributed by atoms with Crippen molar-refractivity contribution in [1.82, 2.24) is 9.88 Å². The molecule has 2 rings (SSSR count). The second-order valence-electron chi connectivity index (χ2n) is 5.09. The summed E-state index contributed by atoms with van der Waals surface area (Å²) in [5.74, 6) is 0. The predicted molar refractivity (Wildman–Crippen MR) is 70.8 cm³/mol. The molecule has 1 unspecified atom stereocenters. The van der Waals surface area contributed by atoms with Crippen molar-refractivity contribution in [3.63, 3.8) is 0 Å². The molecule has 1 aliphatic rings. The summed E-state index contributed by atoms with van der Waals surface area (Å²) < 4.78 is 0. The average Bonchev–Trinajstić information content (AvgIpc) is 2.86. The molecule has 0 saturated heterocycles. The molecule has 3 nitrogen and oxygen atoms in total. The van der Waals surface area contributed by atoms with Gasteiger partial charge in [0, 0.05) is 31.0 Å². The zero-order valence-corrected chi connectivity index (χ0v) is 10.9. The molecule has 0 aliphatic heterocycles. The van der Waals surface area contributed by atoms with E-state index >= 15 is 0 Å². The SMILES string of the molecule is Cc1ccncc1C(CN)N(C)C1CCCC1. The molecule has 3 heteroatoms. The summed E-state index contributed by atoms with van der Waals surface area (Å²) in [4.78, 5) is 6.70. The summed E-state index contributed by atoms with van der Waals surface area (Å²) in [6.07, 6.45) is 9.16. The molecular weight excluding hydrogens is 210 g/mol. The summed E-state index contributed by atoms with van der Waals surface area (Å²) in [5, 5.41) is 0. The van der Waals surface area contributed by atoms with Gasteiger partial charge in [-0.25, -0.2) is 0 Å². The van der Waals surface area contributed by atoms with E-state index in [4.69, 9.17) is 5.73 Å². The monoisotopic (exact) mass is 233 g/mol. The van der Waals surface area contributed by atoms with Crippen LogP contribution >= 0.6 is 0 Å². The van der Waals surface area contributed by atoms with E-state index in [-0.39, 0.29) is 0 Å². The van der Waals surface area contributed by atoms with E-state index in [1.165, 1.54) is 36.8 Å². The average molecular weight is 233 g/mol. The second kappa shape index (κ2) is 5.61. The van der Waals surface area contributed by atoms with Crippen LogP contribution in [0.15, 0.2) is 18.5 Å². The Morgan fingerprint density at radius 3 is 2.76 bits per heavy atom. The Bertz CT molecular complexity index is 358. The third-order valence-electron chi connectivity index (χ3n) is 4.05. The number of aryl methyl sites for hydroxylation is 1. The van der Waals surface area contributed by atoms with Crippen molar-refractivity contribution < 1.29 is 0 Å². The fourth-order valence-corrected chi connectivity index (χ4v) is 2.90. The summed E-state index contributed by atoms with van der Waals surface area (Å²) >= 11 is 0. The first-order chi connectivity index (χ1) is 8.24. The first-order valence-corrected chi connectivity index (χ1v) is 6.56. The van der Waals surface area contributed by atoms with Crippen molar-refractivity contribution in [2.45, 2.75) is 44.7 Å². The van der Waals surface area contributed by atoms with Gasteiger partial charge in [-0.15, -0.1) is 0 Å². The van der Waals surface area contributed by atoms with Gasteiger partial charge in [0.25, 0.3) is 0 Å². The highest BCUT2D eigenvalue weighted by Gasteiger charge is 2.26. The van der Waals surface area contributed by atoms with Crippen LogP contribution in [0.5, 0.6) is 0 Å². The normalized spacial score (nSPS) is 18.8. The zero-order valence-electron chi connectivity index (χ0n) is 10.9. The van der Waals surface area contributed by atoms with Crippen LogP contribution < -0.4 is 5.73 Å². The molecular formula is C14H23N3. The summed E-state index contributed by atoms with van der Waals surface area (Å²) in [6.45, 7) is 2.81. The molecule has 1 atom stereocenters. The largest absolute Gasteiger partial charge is 0.329 e. The number of hydrogen-bond acceptors (Lipinski definition) is 3. The van der Waals surface area contributed by atoms with Crippen LogP contribution in [0, 0.1) is 6.92 Å². The molecule has 0 amide bonds. The first kappa shape index (κ1) is 12.5. The van der Waals surface area contributed by atoms with Crippen LogP contribution in [-0.4, -0.2) is 29.5 Å². The Kier molecular flexibility index (Phi) is 4.13. The van der Waals surface area contributed by atoms with E-state index in [1.54, 1.807) is 0 Å². The molecule has 1 saturated carbocycles. The van der Waals surface area contributed by atoms with Gasteiger partial charge in [0.1, 0.15) is 0 Å². The Balaban J connectivity index is 2.18. The van der Waals surface area contributed by atoms with Crippen molar-refractivity contribution in [2.75, 3.05) is 13.6 Å². The minimum absolute atomic E-state index is 0.312. The van der Waals surface area contributed by atoms with Crippen molar-refractivity contribution in [3.05, 3.63) is 29.6 Å². The smallest absolute Gasteiger partial charge is 0.0488 e. The van der Waals surface area contributed by atoms with Crippen LogP contribution in [0.3, 0.4) is 0 Å². The van der Waals surface area contributed by atoms with Gasteiger partial charge in [-0.05, 0) is 44.0 Å². The van der Waals surface area contributed by atoms with Gasteiger partial charge in [-0.1, -0.05) is 12.8 Å². The maximum absolute atomic E-state index is 5.97. The number of rotatable bonds is 4. The van der Waals surface area contributed by atoms with Crippen molar-refractivity contribution in [2.24, 2.45) is 5.73 Å². The molecule has 0 radical (unpaired) electrons. The molecule has 1 aliphatic carbocycles. The fourth-order valence-electron chi connectivity index (χ4n) is 2.90. The number of likely N-dealkylation sites (N-methyl/N-ethyl adjacent to an activating group) is 1. The Labute approximate surface area is 104 Å². The first-order valence-electron chi connectivity index (χ1n) is 6.56. The predicted octanol–water partition coefficient (Wildman–Crippen LogP) is 2.26. The molecule has 0 aromatic carbocycles. The van der Waals surface area contributed by atoms with E-state index in [0.717, 1.165) is 0 Å². The molecule has 1 aromatic heterocycles. The minimum atomic E-state index is 0.312. The van der Waals surface area contributed by atoms with Gasteiger partial charge in [-0.3, -0.25) is 9.88 Å². The standard InChI is InChI=1S/C14H23N3/c1-11-7-8-16-10-13(11)14(9-15)17(2)12-5-3-4-6-12/h7-8,10,12,14H,3-6,9,15H2,1-2H3. The maximum Gasteiger partial charge on any atom is 0.0488 e. The minimum Gasteiger partial charge on any atom is -0.329 e. The highest BCUT2D eigenvalue weighted by molar-refractivity contribution is 5.25. The topological polar surface area (TPSA) is 42.1 Å². The number of nitrogens with zero attached hydrogens (tertiary/aromatic N) is 2. The van der Waals surface area contributed by atoms with Crippen LogP contribution in [0.25, 0.3) is 0 Å². The lowest BCUT2D eigenvalue weighted by atomic mass is 10.0. The Morgan fingerprint density at radius 1 is 1.47 bits per heavy atom. The highest BCUT2D eigenvalue weighted by Crippen LogP contribution is 2.30. The zero-order chi connectivity index (χ0) is 12.3. The van der Waals surface area contributed by atoms with Gasteiger partial charge in [-0.2, -0.15) is 0 Å².